The van der Waals surface area contributed by atoms with Crippen molar-refractivity contribution in [3.8, 4) is 78.9 Å². The predicted octanol–water partition coefficient (Wildman–Crippen LogP) is 16.7. The molecule has 5 heteroatoms. The average molecular weight is 908 g/mol. The van der Waals surface area contributed by atoms with Gasteiger partial charge in [-0.15, -0.1) is 0 Å². The number of fused-ring (bicyclic) bond motifs is 10. The Morgan fingerprint density at radius 3 is 1.44 bits per heavy atom. The highest BCUT2D eigenvalue weighted by Crippen LogP contribution is 2.54. The molecular formula is C66H45N5. The summed E-state index contributed by atoms with van der Waals surface area (Å²) in [5.41, 5.74) is 19.1. The van der Waals surface area contributed by atoms with Gasteiger partial charge in [-0.05, 0) is 86.0 Å². The summed E-state index contributed by atoms with van der Waals surface area (Å²) < 4.78 is 4.85. The number of hydrogen-bond donors (Lipinski definition) is 0. The second-order valence-corrected chi connectivity index (χ2v) is 19.2. The first-order valence-corrected chi connectivity index (χ1v) is 24.4. The van der Waals surface area contributed by atoms with Crippen molar-refractivity contribution in [1.29, 1.82) is 0 Å². The molecular weight excluding hydrogens is 863 g/mol. The van der Waals surface area contributed by atoms with E-state index in [1.807, 2.05) is 24.3 Å². The maximum Gasteiger partial charge on any atom is 0.238 e. The second-order valence-electron chi connectivity index (χ2n) is 19.2. The number of rotatable bonds is 7. The molecule has 0 bridgehead atoms. The van der Waals surface area contributed by atoms with E-state index in [0.717, 1.165) is 71.7 Å². The smallest absolute Gasteiger partial charge is 0.238 e. The molecule has 334 valence electrons. The predicted molar refractivity (Wildman–Crippen MR) is 293 cm³/mol. The van der Waals surface area contributed by atoms with E-state index >= 15 is 0 Å². The molecule has 0 unspecified atom stereocenters. The Hall–Kier alpha value is -9.19. The zero-order chi connectivity index (χ0) is 47.2. The fraction of sp³-hybridized carbons (Fsp3) is 0.0455. The third kappa shape index (κ3) is 6.43. The number of aromatic nitrogens is 5. The van der Waals surface area contributed by atoms with Crippen LogP contribution >= 0.6 is 0 Å². The molecule has 0 aliphatic heterocycles. The standard InChI is InChI=1S/C66H45N5/c1-66(2)56-30-15-12-27-50(56)55-40-49(48-26-18-25-47(39-48)43-21-8-4-9-22-43)41-59(60(55)66)70-57-31-16-13-28-51(57)53-37-38-54-52-29-14-17-32-58(52)71(62(54)61(53)70)65-68-63(45-23-10-5-11-24-45)67-64(69-65)46-35-33-44(34-36-46)42-19-6-3-7-20-42/h3-41H,1-2H3. The van der Waals surface area contributed by atoms with Crippen LogP contribution in [-0.2, 0) is 5.41 Å². The molecule has 1 aliphatic carbocycles. The van der Waals surface area contributed by atoms with Crippen LogP contribution in [0.25, 0.3) is 123 Å². The van der Waals surface area contributed by atoms with Crippen molar-refractivity contribution in [3.63, 3.8) is 0 Å². The first-order chi connectivity index (χ1) is 35.0. The van der Waals surface area contributed by atoms with Crippen LogP contribution in [0.4, 0.5) is 0 Å². The number of para-hydroxylation sites is 2. The Balaban J connectivity index is 1.09. The normalized spacial score (nSPS) is 12.8. The highest BCUT2D eigenvalue weighted by Gasteiger charge is 2.39. The van der Waals surface area contributed by atoms with Gasteiger partial charge in [0.05, 0.1) is 27.8 Å². The topological polar surface area (TPSA) is 48.5 Å². The molecule has 0 N–H and O–H groups in total. The van der Waals surface area contributed by atoms with Gasteiger partial charge in [-0.25, -0.2) is 4.98 Å². The van der Waals surface area contributed by atoms with Gasteiger partial charge in [0, 0.05) is 38.1 Å². The lowest BCUT2D eigenvalue weighted by Crippen LogP contribution is -2.18. The van der Waals surface area contributed by atoms with Crippen LogP contribution in [0.1, 0.15) is 25.0 Å². The van der Waals surface area contributed by atoms with E-state index in [-0.39, 0.29) is 5.41 Å². The van der Waals surface area contributed by atoms with Crippen molar-refractivity contribution in [2.24, 2.45) is 0 Å². The first-order valence-electron chi connectivity index (χ1n) is 24.4. The molecule has 71 heavy (non-hydrogen) atoms. The molecule has 0 saturated heterocycles. The lowest BCUT2D eigenvalue weighted by atomic mass is 9.81. The van der Waals surface area contributed by atoms with Gasteiger partial charge in [-0.2, -0.15) is 9.97 Å². The van der Waals surface area contributed by atoms with Crippen LogP contribution in [0.3, 0.4) is 0 Å². The monoisotopic (exact) mass is 907 g/mol. The fourth-order valence-electron chi connectivity index (χ4n) is 11.5. The van der Waals surface area contributed by atoms with E-state index in [2.05, 4.69) is 235 Å². The van der Waals surface area contributed by atoms with Gasteiger partial charge >= 0.3 is 0 Å². The van der Waals surface area contributed by atoms with Gasteiger partial charge in [0.2, 0.25) is 5.95 Å². The summed E-state index contributed by atoms with van der Waals surface area (Å²) >= 11 is 0. The van der Waals surface area contributed by atoms with Crippen molar-refractivity contribution in [2.45, 2.75) is 19.3 Å². The number of benzene rings is 10. The summed E-state index contributed by atoms with van der Waals surface area (Å²) in [6.45, 7) is 4.78. The largest absolute Gasteiger partial charge is 0.307 e. The summed E-state index contributed by atoms with van der Waals surface area (Å²) in [5.74, 6) is 1.77. The molecule has 13 aromatic rings. The van der Waals surface area contributed by atoms with E-state index < -0.39 is 0 Å². The molecule has 0 amide bonds. The van der Waals surface area contributed by atoms with Crippen LogP contribution in [0, 0.1) is 0 Å². The Morgan fingerprint density at radius 2 is 0.789 bits per heavy atom. The van der Waals surface area contributed by atoms with Crippen LogP contribution in [0.5, 0.6) is 0 Å². The van der Waals surface area contributed by atoms with Crippen LogP contribution < -0.4 is 0 Å². The lowest BCUT2D eigenvalue weighted by molar-refractivity contribution is 0.657. The van der Waals surface area contributed by atoms with Crippen molar-refractivity contribution in [2.75, 3.05) is 0 Å². The van der Waals surface area contributed by atoms with Crippen LogP contribution in [0.15, 0.2) is 237 Å². The zero-order valence-corrected chi connectivity index (χ0v) is 39.3. The second kappa shape index (κ2) is 15.9. The van der Waals surface area contributed by atoms with E-state index in [1.54, 1.807) is 0 Å². The summed E-state index contributed by atoms with van der Waals surface area (Å²) in [7, 11) is 0. The molecule has 0 radical (unpaired) electrons. The van der Waals surface area contributed by atoms with Gasteiger partial charge < -0.3 is 4.57 Å². The van der Waals surface area contributed by atoms with Crippen molar-refractivity contribution in [3.05, 3.63) is 248 Å². The maximum absolute atomic E-state index is 5.46. The molecule has 10 aromatic carbocycles. The Morgan fingerprint density at radius 1 is 0.324 bits per heavy atom. The van der Waals surface area contributed by atoms with Crippen LogP contribution in [-0.4, -0.2) is 24.1 Å². The molecule has 3 heterocycles. The third-order valence-corrected chi connectivity index (χ3v) is 14.8. The Labute approximate surface area is 411 Å². The van der Waals surface area contributed by atoms with Crippen molar-refractivity contribution < 1.29 is 0 Å². The van der Waals surface area contributed by atoms with E-state index in [9.17, 15) is 0 Å². The van der Waals surface area contributed by atoms with Gasteiger partial charge in [-0.3, -0.25) is 4.57 Å². The minimum Gasteiger partial charge on any atom is -0.307 e. The Bertz CT molecular complexity index is 4220. The molecule has 0 atom stereocenters. The lowest BCUT2D eigenvalue weighted by Gasteiger charge is -2.26. The zero-order valence-electron chi connectivity index (χ0n) is 39.3. The highest BCUT2D eigenvalue weighted by atomic mass is 15.2. The van der Waals surface area contributed by atoms with Crippen LogP contribution in [0.2, 0.25) is 0 Å². The summed E-state index contributed by atoms with van der Waals surface area (Å²) in [6.07, 6.45) is 0. The van der Waals surface area contributed by atoms with Crippen molar-refractivity contribution >= 4 is 43.6 Å². The molecule has 5 nitrogen and oxygen atoms in total. The molecule has 1 aliphatic rings. The Kier molecular flexibility index (Phi) is 9.17. The van der Waals surface area contributed by atoms with E-state index in [1.165, 1.54) is 44.3 Å². The molecule has 0 spiro atoms. The average Bonchev–Trinajstić information content (AvgIpc) is 4.05. The van der Waals surface area contributed by atoms with Gasteiger partial charge in [0.15, 0.2) is 11.6 Å². The number of hydrogen-bond acceptors (Lipinski definition) is 3. The third-order valence-electron chi connectivity index (χ3n) is 14.8. The fourth-order valence-corrected chi connectivity index (χ4v) is 11.5. The van der Waals surface area contributed by atoms with Crippen molar-refractivity contribution in [1.82, 2.24) is 24.1 Å². The summed E-state index contributed by atoms with van der Waals surface area (Å²) in [5, 5.41) is 4.59. The number of nitrogens with zero attached hydrogens (tertiary/aromatic N) is 5. The highest BCUT2D eigenvalue weighted by molar-refractivity contribution is 6.24. The minimum absolute atomic E-state index is 0.312. The van der Waals surface area contributed by atoms with Gasteiger partial charge in [0.1, 0.15) is 0 Å². The summed E-state index contributed by atoms with van der Waals surface area (Å²) in [6, 6.07) is 85.0. The SMILES string of the molecule is CC1(C)c2ccccc2-c2cc(-c3cccc(-c4ccccc4)c3)cc(-n3c4ccccc4c4ccc5c6ccccc6n(-c6nc(-c7ccccc7)nc(-c7ccc(-c8ccccc8)cc7)n6)c5c43)c21. The minimum atomic E-state index is -0.312. The maximum atomic E-state index is 5.46. The molecule has 0 saturated carbocycles. The molecule has 0 fully saturated rings. The molecule has 3 aromatic heterocycles. The molecule has 14 rings (SSSR count). The van der Waals surface area contributed by atoms with E-state index in [4.69, 9.17) is 15.0 Å². The summed E-state index contributed by atoms with van der Waals surface area (Å²) in [4.78, 5) is 16.1. The van der Waals surface area contributed by atoms with Gasteiger partial charge in [-0.1, -0.05) is 220 Å². The first kappa shape index (κ1) is 40.8. The quantitative estimate of drug-likeness (QED) is 0.160. The van der Waals surface area contributed by atoms with E-state index in [0.29, 0.717) is 17.6 Å². The van der Waals surface area contributed by atoms with Gasteiger partial charge in [0.25, 0.3) is 0 Å².